The third-order valence-corrected chi connectivity index (χ3v) is 2.47. The van der Waals surface area contributed by atoms with Crippen LogP contribution in [0.4, 0.5) is 5.69 Å². The normalized spacial score (nSPS) is 10.0. The van der Waals surface area contributed by atoms with Crippen LogP contribution in [0.25, 0.3) is 0 Å². The molecule has 0 saturated carbocycles. The molecule has 0 aliphatic heterocycles. The van der Waals surface area contributed by atoms with Crippen LogP contribution in [0, 0.1) is 0 Å². The molecule has 0 saturated heterocycles. The summed E-state index contributed by atoms with van der Waals surface area (Å²) in [5, 5.41) is 3.08. The number of halogens is 2. The molecule has 2 heterocycles. The smallest absolute Gasteiger partial charge is 0.274 e. The van der Waals surface area contributed by atoms with Crippen molar-refractivity contribution in [1.29, 1.82) is 0 Å². The Hall–Kier alpha value is -1.65. The molecule has 2 rings (SSSR count). The fourth-order valence-electron chi connectivity index (χ4n) is 1.20. The maximum atomic E-state index is 11.8. The predicted octanol–water partition coefficient (Wildman–Crippen LogP) is 3.04. The maximum Gasteiger partial charge on any atom is 0.274 e. The zero-order valence-corrected chi connectivity index (χ0v) is 10.0. The summed E-state index contributed by atoms with van der Waals surface area (Å²) in [5.74, 6) is -0.387. The van der Waals surface area contributed by atoms with Crippen molar-refractivity contribution in [3.63, 3.8) is 0 Å². The highest BCUT2D eigenvalue weighted by Crippen LogP contribution is 2.18. The van der Waals surface area contributed by atoms with Gasteiger partial charge in [-0.15, -0.1) is 0 Å². The third-order valence-electron chi connectivity index (χ3n) is 1.96. The molecule has 6 heteroatoms. The summed E-state index contributed by atoms with van der Waals surface area (Å²) in [6.45, 7) is 0. The molecule has 1 amide bonds. The minimum Gasteiger partial charge on any atom is -0.318 e. The maximum absolute atomic E-state index is 11.8. The van der Waals surface area contributed by atoms with Crippen molar-refractivity contribution in [2.75, 3.05) is 5.32 Å². The van der Waals surface area contributed by atoms with Crippen LogP contribution < -0.4 is 5.32 Å². The molecule has 0 spiro atoms. The second kappa shape index (κ2) is 5.12. The van der Waals surface area contributed by atoms with E-state index in [-0.39, 0.29) is 21.9 Å². The highest BCUT2D eigenvalue weighted by Gasteiger charge is 2.10. The van der Waals surface area contributed by atoms with Crippen molar-refractivity contribution in [3.05, 3.63) is 52.5 Å². The van der Waals surface area contributed by atoms with Gasteiger partial charge in [0.2, 0.25) is 0 Å². The van der Waals surface area contributed by atoms with Crippen LogP contribution in [-0.2, 0) is 0 Å². The first-order valence-corrected chi connectivity index (χ1v) is 5.47. The van der Waals surface area contributed by atoms with E-state index in [1.54, 1.807) is 30.3 Å². The summed E-state index contributed by atoms with van der Waals surface area (Å²) < 4.78 is 0. The Bertz CT molecular complexity index is 560. The molecule has 17 heavy (non-hydrogen) atoms. The van der Waals surface area contributed by atoms with Gasteiger partial charge in [0.25, 0.3) is 5.91 Å². The van der Waals surface area contributed by atoms with E-state index in [1.807, 2.05) is 0 Å². The SMILES string of the molecule is O=C(Nc1cccnc1Cl)c1cccc(Cl)n1. The molecular weight excluding hydrogens is 261 g/mol. The second-order valence-corrected chi connectivity index (χ2v) is 3.89. The van der Waals surface area contributed by atoms with E-state index in [0.29, 0.717) is 5.69 Å². The standard InChI is InChI=1S/C11H7Cl2N3O/c12-9-5-1-3-8(15-9)11(17)16-7-4-2-6-14-10(7)13/h1-6H,(H,16,17). The van der Waals surface area contributed by atoms with Gasteiger partial charge in [-0.3, -0.25) is 4.79 Å². The van der Waals surface area contributed by atoms with Crippen LogP contribution >= 0.6 is 23.2 Å². The molecule has 0 radical (unpaired) electrons. The Morgan fingerprint density at radius 1 is 1.18 bits per heavy atom. The molecule has 86 valence electrons. The molecule has 0 aromatic carbocycles. The highest BCUT2D eigenvalue weighted by molar-refractivity contribution is 6.32. The number of hydrogen-bond acceptors (Lipinski definition) is 3. The highest BCUT2D eigenvalue weighted by atomic mass is 35.5. The van der Waals surface area contributed by atoms with E-state index >= 15 is 0 Å². The first-order valence-electron chi connectivity index (χ1n) is 4.71. The number of aromatic nitrogens is 2. The Labute approximate surface area is 108 Å². The number of carbonyl (C=O) groups is 1. The van der Waals surface area contributed by atoms with E-state index in [0.717, 1.165) is 0 Å². The summed E-state index contributed by atoms with van der Waals surface area (Å²) >= 11 is 11.5. The second-order valence-electron chi connectivity index (χ2n) is 3.14. The van der Waals surface area contributed by atoms with Gasteiger partial charge in [0.15, 0.2) is 5.15 Å². The summed E-state index contributed by atoms with van der Waals surface area (Å²) in [4.78, 5) is 19.5. The molecule has 1 N–H and O–H groups in total. The van der Waals surface area contributed by atoms with Gasteiger partial charge in [-0.25, -0.2) is 9.97 Å². The number of nitrogens with one attached hydrogen (secondary N) is 1. The number of hydrogen-bond donors (Lipinski definition) is 1. The topological polar surface area (TPSA) is 54.9 Å². The molecular formula is C11H7Cl2N3O. The average molecular weight is 268 g/mol. The Balaban J connectivity index is 2.20. The molecule has 0 atom stereocenters. The summed E-state index contributed by atoms with van der Waals surface area (Å²) in [7, 11) is 0. The number of carbonyl (C=O) groups excluding carboxylic acids is 1. The van der Waals surface area contributed by atoms with Crippen LogP contribution in [0.2, 0.25) is 10.3 Å². The van der Waals surface area contributed by atoms with Gasteiger partial charge in [-0.1, -0.05) is 29.3 Å². The Kier molecular flexibility index (Phi) is 3.56. The molecule has 0 bridgehead atoms. The lowest BCUT2D eigenvalue weighted by atomic mass is 10.3. The zero-order chi connectivity index (χ0) is 12.3. The number of nitrogens with zero attached hydrogens (tertiary/aromatic N) is 2. The largest absolute Gasteiger partial charge is 0.318 e. The minimum absolute atomic E-state index is 0.220. The molecule has 0 unspecified atom stereocenters. The van der Waals surface area contributed by atoms with Gasteiger partial charge >= 0.3 is 0 Å². The Morgan fingerprint density at radius 2 is 2.00 bits per heavy atom. The van der Waals surface area contributed by atoms with Gasteiger partial charge in [-0.2, -0.15) is 0 Å². The third kappa shape index (κ3) is 2.93. The van der Waals surface area contributed by atoms with E-state index < -0.39 is 0 Å². The first kappa shape index (κ1) is 11.8. The lowest BCUT2D eigenvalue weighted by molar-refractivity contribution is 0.102. The van der Waals surface area contributed by atoms with E-state index in [1.165, 1.54) is 6.20 Å². The van der Waals surface area contributed by atoms with Crippen molar-refractivity contribution in [2.45, 2.75) is 0 Å². The molecule has 0 aliphatic carbocycles. The summed E-state index contributed by atoms with van der Waals surface area (Å²) in [6, 6.07) is 8.13. The number of pyridine rings is 2. The van der Waals surface area contributed by atoms with Gasteiger partial charge < -0.3 is 5.32 Å². The van der Waals surface area contributed by atoms with E-state index in [9.17, 15) is 4.79 Å². The van der Waals surface area contributed by atoms with Crippen LogP contribution in [0.15, 0.2) is 36.5 Å². The summed E-state index contributed by atoms with van der Waals surface area (Å²) in [6.07, 6.45) is 1.54. The van der Waals surface area contributed by atoms with Gasteiger partial charge in [0.05, 0.1) is 5.69 Å². The molecule has 2 aromatic heterocycles. The van der Waals surface area contributed by atoms with Crippen LogP contribution in [0.5, 0.6) is 0 Å². The van der Waals surface area contributed by atoms with Crippen molar-refractivity contribution < 1.29 is 4.79 Å². The average Bonchev–Trinajstić information content (AvgIpc) is 2.32. The van der Waals surface area contributed by atoms with Crippen molar-refractivity contribution >= 4 is 34.8 Å². The van der Waals surface area contributed by atoms with Gasteiger partial charge in [0, 0.05) is 6.20 Å². The molecule has 4 nitrogen and oxygen atoms in total. The lowest BCUT2D eigenvalue weighted by Crippen LogP contribution is -2.14. The lowest BCUT2D eigenvalue weighted by Gasteiger charge is -2.05. The van der Waals surface area contributed by atoms with E-state index in [4.69, 9.17) is 23.2 Å². The van der Waals surface area contributed by atoms with Gasteiger partial charge in [-0.05, 0) is 24.3 Å². The number of rotatable bonds is 2. The monoisotopic (exact) mass is 267 g/mol. The fraction of sp³-hybridized carbons (Fsp3) is 0. The number of anilines is 1. The van der Waals surface area contributed by atoms with E-state index in [2.05, 4.69) is 15.3 Å². The molecule has 0 fully saturated rings. The summed E-state index contributed by atoms with van der Waals surface area (Å²) in [5.41, 5.74) is 0.651. The molecule has 0 aliphatic rings. The predicted molar refractivity (Wildman–Crippen MR) is 66.4 cm³/mol. The van der Waals surface area contributed by atoms with Crippen molar-refractivity contribution in [3.8, 4) is 0 Å². The van der Waals surface area contributed by atoms with Crippen molar-refractivity contribution in [2.24, 2.45) is 0 Å². The van der Waals surface area contributed by atoms with Crippen LogP contribution in [-0.4, -0.2) is 15.9 Å². The minimum atomic E-state index is -0.387. The van der Waals surface area contributed by atoms with Crippen LogP contribution in [0.3, 0.4) is 0 Å². The fourth-order valence-corrected chi connectivity index (χ4v) is 1.53. The molecule has 2 aromatic rings. The zero-order valence-electron chi connectivity index (χ0n) is 8.52. The van der Waals surface area contributed by atoms with Crippen LogP contribution in [0.1, 0.15) is 10.5 Å². The Morgan fingerprint density at radius 3 is 2.71 bits per heavy atom. The number of amides is 1. The van der Waals surface area contributed by atoms with Crippen molar-refractivity contribution in [1.82, 2.24) is 9.97 Å². The quantitative estimate of drug-likeness (QED) is 0.851. The first-order chi connectivity index (χ1) is 8.16. The van der Waals surface area contributed by atoms with Gasteiger partial charge in [0.1, 0.15) is 10.8 Å².